The smallest absolute Gasteiger partial charge is 0.353 e. The molecule has 3 aliphatic heterocycles. The number of hydrogen-bond donors (Lipinski definition) is 4. The number of β-lactam (4-membered cyclic amide) rings is 1. The first-order valence-corrected chi connectivity index (χ1v) is 11.9. The molecule has 0 spiro atoms. The first-order chi connectivity index (χ1) is 14.8. The van der Waals surface area contributed by atoms with E-state index in [0.29, 0.717) is 12.6 Å². The van der Waals surface area contributed by atoms with Gasteiger partial charge in [-0.1, -0.05) is 31.2 Å². The number of aliphatic carboxylic acids is 1. The first kappa shape index (κ1) is 22.3. The Hall–Kier alpha value is -1.87. The summed E-state index contributed by atoms with van der Waals surface area (Å²) in [7, 11) is 0. The Balaban J connectivity index is 1.38. The van der Waals surface area contributed by atoms with E-state index in [4.69, 9.17) is 5.73 Å². The van der Waals surface area contributed by atoms with E-state index in [1.807, 2.05) is 6.92 Å². The molecule has 0 radical (unpaired) electrons. The third-order valence-corrected chi connectivity index (χ3v) is 8.34. The molecule has 1 aromatic carbocycles. The lowest BCUT2D eigenvalue weighted by molar-refractivity contribution is -0.163. The minimum Gasteiger partial charge on any atom is -0.477 e. The van der Waals surface area contributed by atoms with Crippen LogP contribution in [0.3, 0.4) is 0 Å². The number of hydrogen-bond acceptors (Lipinski definition) is 6. The van der Waals surface area contributed by atoms with Crippen molar-refractivity contribution in [3.63, 3.8) is 0 Å². The Labute approximate surface area is 187 Å². The summed E-state index contributed by atoms with van der Waals surface area (Å²) in [5.74, 6) is -1.92. The minimum absolute atomic E-state index is 0.0755. The van der Waals surface area contributed by atoms with Crippen LogP contribution >= 0.6 is 11.8 Å². The zero-order valence-electron chi connectivity index (χ0n) is 18.0. The first-order valence-electron chi connectivity index (χ1n) is 11.0. The number of nitrogens with zero attached hydrogens (tertiary/aromatic N) is 1. The number of aliphatic hydroxyl groups excluding tert-OH is 1. The number of rotatable bonds is 8. The molecule has 0 aliphatic carbocycles. The summed E-state index contributed by atoms with van der Waals surface area (Å²) in [5.41, 5.74) is 8.20. The van der Waals surface area contributed by atoms with Gasteiger partial charge in [0.15, 0.2) is 0 Å². The summed E-state index contributed by atoms with van der Waals surface area (Å²) in [6.07, 6.45) is 2.20. The standard InChI is InChI=1S/C23H31N3O4S/c1-12-19-18(13(2)27)22(28)26(19)20(23(29)30)21(12)31-17-9-16(25-11-17)8-7-14-3-5-15(10-24)6-4-14/h3-6,12-13,16-19,25,27H,7-11,24H2,1-2H3,(H,29,30)/t12-,13?,16?,17+,18+,19-/m1/s1. The van der Waals surface area contributed by atoms with Gasteiger partial charge in [0.1, 0.15) is 5.70 Å². The number of carbonyl (C=O) groups excluding carboxylic acids is 1. The number of nitrogens with two attached hydrogens (primary N) is 1. The average Bonchev–Trinajstić information content (AvgIpc) is 3.28. The van der Waals surface area contributed by atoms with E-state index in [9.17, 15) is 19.8 Å². The van der Waals surface area contributed by atoms with Gasteiger partial charge in [-0.15, -0.1) is 11.8 Å². The van der Waals surface area contributed by atoms with Crippen LogP contribution in [-0.4, -0.2) is 57.0 Å². The lowest BCUT2D eigenvalue weighted by atomic mass is 9.79. The van der Waals surface area contributed by atoms with Gasteiger partial charge in [-0.2, -0.15) is 0 Å². The van der Waals surface area contributed by atoms with Crippen LogP contribution in [0, 0.1) is 11.8 Å². The van der Waals surface area contributed by atoms with Crippen molar-refractivity contribution in [3.8, 4) is 0 Å². The van der Waals surface area contributed by atoms with E-state index in [-0.39, 0.29) is 28.8 Å². The maximum atomic E-state index is 12.5. The van der Waals surface area contributed by atoms with Crippen molar-refractivity contribution in [2.24, 2.45) is 17.6 Å². The van der Waals surface area contributed by atoms with E-state index in [0.717, 1.165) is 36.3 Å². The monoisotopic (exact) mass is 445 g/mol. The van der Waals surface area contributed by atoms with Crippen LogP contribution in [0.5, 0.6) is 0 Å². The van der Waals surface area contributed by atoms with Crippen LogP contribution in [0.15, 0.2) is 34.9 Å². The second-order valence-corrected chi connectivity index (χ2v) is 10.3. The molecule has 2 unspecified atom stereocenters. The van der Waals surface area contributed by atoms with Crippen LogP contribution in [-0.2, 0) is 22.6 Å². The minimum atomic E-state index is -1.06. The van der Waals surface area contributed by atoms with Gasteiger partial charge in [-0.25, -0.2) is 4.79 Å². The van der Waals surface area contributed by atoms with E-state index >= 15 is 0 Å². The number of amides is 1. The van der Waals surface area contributed by atoms with Gasteiger partial charge in [0.05, 0.1) is 18.1 Å². The maximum absolute atomic E-state index is 12.5. The van der Waals surface area contributed by atoms with Crippen LogP contribution in [0.2, 0.25) is 0 Å². The van der Waals surface area contributed by atoms with Crippen molar-refractivity contribution in [1.29, 1.82) is 0 Å². The molecule has 4 rings (SSSR count). The number of aliphatic hydroxyl groups is 1. The van der Waals surface area contributed by atoms with E-state index in [2.05, 4.69) is 29.6 Å². The van der Waals surface area contributed by atoms with Crippen molar-refractivity contribution in [2.75, 3.05) is 6.54 Å². The molecule has 3 heterocycles. The second kappa shape index (κ2) is 8.94. The molecular formula is C23H31N3O4S. The SMILES string of the molecule is CC(O)[C@@H]1C(=O)N2C(C(=O)O)=C(S[C@@H]3CNC(CCc4ccc(CN)cc4)C3)[C@H](C)[C@H]12. The molecule has 8 heteroatoms. The molecule has 0 aromatic heterocycles. The summed E-state index contributed by atoms with van der Waals surface area (Å²) in [4.78, 5) is 26.6. The van der Waals surface area contributed by atoms with Crippen molar-refractivity contribution in [1.82, 2.24) is 10.2 Å². The van der Waals surface area contributed by atoms with Gasteiger partial charge in [0, 0.05) is 35.2 Å². The highest BCUT2D eigenvalue weighted by molar-refractivity contribution is 8.03. The van der Waals surface area contributed by atoms with E-state index in [1.165, 1.54) is 10.5 Å². The molecule has 1 aromatic rings. The van der Waals surface area contributed by atoms with E-state index in [1.54, 1.807) is 18.7 Å². The molecule has 6 atom stereocenters. The zero-order chi connectivity index (χ0) is 22.3. The Morgan fingerprint density at radius 1 is 1.32 bits per heavy atom. The Morgan fingerprint density at radius 3 is 2.61 bits per heavy atom. The Kier molecular flexibility index (Phi) is 6.44. The number of nitrogens with one attached hydrogen (secondary N) is 1. The molecule has 1 amide bonds. The Bertz CT molecular complexity index is 885. The molecule has 5 N–H and O–H groups in total. The number of benzene rings is 1. The second-order valence-electron chi connectivity index (χ2n) is 8.91. The number of carbonyl (C=O) groups is 2. The number of carboxylic acids is 1. The van der Waals surface area contributed by atoms with Gasteiger partial charge < -0.3 is 26.2 Å². The van der Waals surface area contributed by atoms with Gasteiger partial charge in [-0.05, 0) is 37.3 Å². The molecule has 3 aliphatic rings. The van der Waals surface area contributed by atoms with Gasteiger partial charge in [-0.3, -0.25) is 4.79 Å². The summed E-state index contributed by atoms with van der Waals surface area (Å²) < 4.78 is 0. The highest BCUT2D eigenvalue weighted by atomic mass is 32.2. The number of thioether (sulfide) groups is 1. The molecule has 168 valence electrons. The Morgan fingerprint density at radius 2 is 2.00 bits per heavy atom. The van der Waals surface area contributed by atoms with Crippen LogP contribution in [0.1, 0.15) is 37.8 Å². The van der Waals surface area contributed by atoms with Gasteiger partial charge >= 0.3 is 5.97 Å². The maximum Gasteiger partial charge on any atom is 0.353 e. The number of aryl methyl sites for hydroxylation is 1. The zero-order valence-corrected chi connectivity index (χ0v) is 18.8. The van der Waals surface area contributed by atoms with Gasteiger partial charge in [0.25, 0.3) is 0 Å². The molecule has 2 saturated heterocycles. The summed E-state index contributed by atoms with van der Waals surface area (Å²) in [6, 6.07) is 8.55. The fourth-order valence-corrected chi connectivity index (χ4v) is 6.65. The number of carboxylic acid groups (broad SMARTS) is 1. The quantitative estimate of drug-likeness (QED) is 0.450. The topological polar surface area (TPSA) is 116 Å². The summed E-state index contributed by atoms with van der Waals surface area (Å²) in [6.45, 7) is 4.96. The molecule has 2 fully saturated rings. The molecule has 0 bridgehead atoms. The molecule has 7 nitrogen and oxygen atoms in total. The number of fused-ring (bicyclic) bond motifs is 1. The molecule has 0 saturated carbocycles. The molecule has 31 heavy (non-hydrogen) atoms. The third kappa shape index (κ3) is 4.14. The fraction of sp³-hybridized carbons (Fsp3) is 0.565. The fourth-order valence-electron chi connectivity index (χ4n) is 5.13. The van der Waals surface area contributed by atoms with Crippen molar-refractivity contribution < 1.29 is 19.8 Å². The average molecular weight is 446 g/mol. The third-order valence-electron chi connectivity index (χ3n) is 6.83. The largest absolute Gasteiger partial charge is 0.477 e. The van der Waals surface area contributed by atoms with Gasteiger partial charge in [0.2, 0.25) is 5.91 Å². The molecular weight excluding hydrogens is 414 g/mol. The highest BCUT2D eigenvalue weighted by Gasteiger charge is 2.60. The summed E-state index contributed by atoms with van der Waals surface area (Å²) in [5, 5.41) is 23.6. The van der Waals surface area contributed by atoms with Crippen LogP contribution < -0.4 is 11.1 Å². The van der Waals surface area contributed by atoms with Crippen LogP contribution in [0.4, 0.5) is 0 Å². The van der Waals surface area contributed by atoms with Crippen molar-refractivity contribution in [2.45, 2.75) is 63.1 Å². The predicted molar refractivity (Wildman–Crippen MR) is 120 cm³/mol. The lowest BCUT2D eigenvalue weighted by Gasteiger charge is -2.46. The van der Waals surface area contributed by atoms with Crippen molar-refractivity contribution in [3.05, 3.63) is 46.0 Å². The van der Waals surface area contributed by atoms with E-state index < -0.39 is 18.0 Å². The summed E-state index contributed by atoms with van der Waals surface area (Å²) >= 11 is 1.60. The normalized spacial score (nSPS) is 31.0. The van der Waals surface area contributed by atoms with Crippen molar-refractivity contribution >= 4 is 23.6 Å². The predicted octanol–water partition coefficient (Wildman–Crippen LogP) is 1.70. The lowest BCUT2D eigenvalue weighted by Crippen LogP contribution is -2.63. The highest BCUT2D eigenvalue weighted by Crippen LogP contribution is 2.51. The van der Waals surface area contributed by atoms with Crippen LogP contribution in [0.25, 0.3) is 0 Å².